The van der Waals surface area contributed by atoms with Gasteiger partial charge in [-0.15, -0.1) is 0 Å². The summed E-state index contributed by atoms with van der Waals surface area (Å²) in [7, 11) is 0. The summed E-state index contributed by atoms with van der Waals surface area (Å²) < 4.78 is 5.36. The molecule has 0 bridgehead atoms. The maximum Gasteiger partial charge on any atom is 0.306 e. The highest BCUT2D eigenvalue weighted by Crippen LogP contribution is 2.18. The lowest BCUT2D eigenvalue weighted by Gasteiger charge is -2.14. The van der Waals surface area contributed by atoms with E-state index in [1.807, 2.05) is 0 Å². The van der Waals surface area contributed by atoms with Gasteiger partial charge in [0.05, 0.1) is 6.61 Å². The molecule has 0 aromatic rings. The first-order chi connectivity index (χ1) is 10.2. The Labute approximate surface area is 133 Å². The first-order valence-electron chi connectivity index (χ1n) is 9.40. The Balaban J connectivity index is 3.54. The van der Waals surface area contributed by atoms with Crippen LogP contribution in [0, 0.1) is 5.92 Å². The van der Waals surface area contributed by atoms with Crippen molar-refractivity contribution in [1.29, 1.82) is 0 Å². The lowest BCUT2D eigenvalue weighted by Crippen LogP contribution is -2.12. The fraction of sp³-hybridized carbons (Fsp3) is 0.947. The van der Waals surface area contributed by atoms with Crippen LogP contribution in [0.2, 0.25) is 0 Å². The molecule has 0 aliphatic rings. The van der Waals surface area contributed by atoms with E-state index in [4.69, 9.17) is 4.74 Å². The minimum absolute atomic E-state index is 0.0194. The normalized spacial score (nSPS) is 12.3. The van der Waals surface area contributed by atoms with Gasteiger partial charge in [0.1, 0.15) is 0 Å². The second kappa shape index (κ2) is 15.9. The molecular weight excluding hydrogens is 260 g/mol. The molecule has 1 atom stereocenters. The van der Waals surface area contributed by atoms with Crippen molar-refractivity contribution in [3.63, 3.8) is 0 Å². The second-order valence-electron chi connectivity index (χ2n) is 6.32. The van der Waals surface area contributed by atoms with E-state index in [2.05, 4.69) is 20.8 Å². The van der Waals surface area contributed by atoms with E-state index in [1.165, 1.54) is 64.2 Å². The van der Waals surface area contributed by atoms with Crippen molar-refractivity contribution < 1.29 is 9.53 Å². The van der Waals surface area contributed by atoms with Crippen molar-refractivity contribution in [3.8, 4) is 0 Å². The molecule has 0 spiro atoms. The number of ether oxygens (including phenoxy) is 1. The molecule has 0 aliphatic carbocycles. The van der Waals surface area contributed by atoms with Crippen molar-refractivity contribution in [2.75, 3.05) is 6.61 Å². The van der Waals surface area contributed by atoms with Crippen LogP contribution in [0.5, 0.6) is 0 Å². The minimum Gasteiger partial charge on any atom is -0.466 e. The average Bonchev–Trinajstić information content (AvgIpc) is 2.49. The molecule has 126 valence electrons. The lowest BCUT2D eigenvalue weighted by molar-refractivity contribution is -0.145. The maximum absolute atomic E-state index is 11.8. The molecular formula is C19H38O2. The summed E-state index contributed by atoms with van der Waals surface area (Å²) in [4.78, 5) is 11.8. The summed E-state index contributed by atoms with van der Waals surface area (Å²) in [5, 5.41) is 0. The van der Waals surface area contributed by atoms with Crippen molar-refractivity contribution in [2.24, 2.45) is 5.92 Å². The van der Waals surface area contributed by atoms with Gasteiger partial charge < -0.3 is 4.74 Å². The highest BCUT2D eigenvalue weighted by Gasteiger charge is 2.12. The standard InChI is InChI=1S/C19H38O2/c1-4-7-9-11-13-15-18(6-3)17-19(20)21-16-14-12-10-8-5-2/h18H,4-17H2,1-3H3. The number of esters is 1. The number of hydrogen-bond acceptors (Lipinski definition) is 2. The molecule has 2 nitrogen and oxygen atoms in total. The first kappa shape index (κ1) is 20.5. The zero-order valence-corrected chi connectivity index (χ0v) is 14.8. The highest BCUT2D eigenvalue weighted by molar-refractivity contribution is 5.69. The van der Waals surface area contributed by atoms with Gasteiger partial charge in [0.15, 0.2) is 0 Å². The van der Waals surface area contributed by atoms with E-state index in [1.54, 1.807) is 0 Å². The lowest BCUT2D eigenvalue weighted by atomic mass is 9.95. The third-order valence-corrected chi connectivity index (χ3v) is 4.26. The monoisotopic (exact) mass is 298 g/mol. The zero-order chi connectivity index (χ0) is 15.8. The number of unbranched alkanes of at least 4 members (excludes halogenated alkanes) is 8. The van der Waals surface area contributed by atoms with Crippen molar-refractivity contribution in [3.05, 3.63) is 0 Å². The van der Waals surface area contributed by atoms with Gasteiger partial charge in [-0.05, 0) is 18.8 Å². The fourth-order valence-electron chi connectivity index (χ4n) is 2.67. The Morgan fingerprint density at radius 3 is 1.95 bits per heavy atom. The maximum atomic E-state index is 11.8. The van der Waals surface area contributed by atoms with E-state index in [0.717, 1.165) is 12.8 Å². The summed E-state index contributed by atoms with van der Waals surface area (Å²) in [6.07, 6.45) is 15.5. The highest BCUT2D eigenvalue weighted by atomic mass is 16.5. The van der Waals surface area contributed by atoms with E-state index in [9.17, 15) is 4.79 Å². The Bertz CT molecular complexity index is 226. The fourth-order valence-corrected chi connectivity index (χ4v) is 2.67. The van der Waals surface area contributed by atoms with E-state index in [0.29, 0.717) is 18.9 Å². The molecule has 2 heteroatoms. The number of carbonyl (C=O) groups excluding carboxylic acids is 1. The number of rotatable bonds is 15. The largest absolute Gasteiger partial charge is 0.466 e. The van der Waals surface area contributed by atoms with Crippen LogP contribution in [-0.2, 0) is 9.53 Å². The van der Waals surface area contributed by atoms with Crippen molar-refractivity contribution >= 4 is 5.97 Å². The van der Waals surface area contributed by atoms with Crippen LogP contribution in [0.1, 0.15) is 104 Å². The van der Waals surface area contributed by atoms with Gasteiger partial charge in [0.2, 0.25) is 0 Å². The van der Waals surface area contributed by atoms with Gasteiger partial charge in [-0.25, -0.2) is 0 Å². The Kier molecular flexibility index (Phi) is 15.5. The molecule has 1 unspecified atom stereocenters. The molecule has 0 rings (SSSR count). The van der Waals surface area contributed by atoms with Gasteiger partial charge in [0, 0.05) is 6.42 Å². The summed E-state index contributed by atoms with van der Waals surface area (Å²) in [6.45, 7) is 7.27. The third-order valence-electron chi connectivity index (χ3n) is 4.26. The van der Waals surface area contributed by atoms with Crippen LogP contribution >= 0.6 is 0 Å². The van der Waals surface area contributed by atoms with Gasteiger partial charge >= 0.3 is 5.97 Å². The van der Waals surface area contributed by atoms with E-state index in [-0.39, 0.29) is 5.97 Å². The first-order valence-corrected chi connectivity index (χ1v) is 9.40. The predicted molar refractivity (Wildman–Crippen MR) is 91.5 cm³/mol. The molecule has 0 aromatic heterocycles. The summed E-state index contributed by atoms with van der Waals surface area (Å²) >= 11 is 0. The molecule has 0 N–H and O–H groups in total. The van der Waals surface area contributed by atoms with Gasteiger partial charge in [-0.3, -0.25) is 4.79 Å². The van der Waals surface area contributed by atoms with Crippen molar-refractivity contribution in [2.45, 2.75) is 104 Å². The number of carbonyl (C=O) groups is 1. The van der Waals surface area contributed by atoms with Crippen LogP contribution in [0.4, 0.5) is 0 Å². The molecule has 0 saturated carbocycles. The van der Waals surface area contributed by atoms with Gasteiger partial charge in [-0.1, -0.05) is 85.0 Å². The summed E-state index contributed by atoms with van der Waals surface area (Å²) in [5.74, 6) is 0.546. The molecule has 0 aliphatic heterocycles. The summed E-state index contributed by atoms with van der Waals surface area (Å²) in [6, 6.07) is 0. The van der Waals surface area contributed by atoms with Gasteiger partial charge in [0.25, 0.3) is 0 Å². The topological polar surface area (TPSA) is 26.3 Å². The van der Waals surface area contributed by atoms with Crippen LogP contribution < -0.4 is 0 Å². The molecule has 0 fully saturated rings. The molecule has 21 heavy (non-hydrogen) atoms. The average molecular weight is 299 g/mol. The Hall–Kier alpha value is -0.530. The van der Waals surface area contributed by atoms with Gasteiger partial charge in [-0.2, -0.15) is 0 Å². The van der Waals surface area contributed by atoms with E-state index >= 15 is 0 Å². The molecule has 0 amide bonds. The zero-order valence-electron chi connectivity index (χ0n) is 14.8. The third kappa shape index (κ3) is 14.2. The number of hydrogen-bond donors (Lipinski definition) is 0. The Morgan fingerprint density at radius 1 is 0.810 bits per heavy atom. The van der Waals surface area contributed by atoms with Crippen LogP contribution in [0.25, 0.3) is 0 Å². The summed E-state index contributed by atoms with van der Waals surface area (Å²) in [5.41, 5.74) is 0. The SMILES string of the molecule is CCCCCCCOC(=O)CC(CC)CCCCCCC. The molecule has 0 heterocycles. The van der Waals surface area contributed by atoms with Crippen LogP contribution in [0.3, 0.4) is 0 Å². The van der Waals surface area contributed by atoms with Crippen LogP contribution in [0.15, 0.2) is 0 Å². The molecule has 0 saturated heterocycles. The van der Waals surface area contributed by atoms with E-state index < -0.39 is 0 Å². The minimum atomic E-state index is 0.0194. The second-order valence-corrected chi connectivity index (χ2v) is 6.32. The smallest absolute Gasteiger partial charge is 0.306 e. The quantitative estimate of drug-likeness (QED) is 0.263. The predicted octanol–water partition coefficient (Wildman–Crippen LogP) is 6.28. The van der Waals surface area contributed by atoms with Crippen molar-refractivity contribution in [1.82, 2.24) is 0 Å². The van der Waals surface area contributed by atoms with Crippen LogP contribution in [-0.4, -0.2) is 12.6 Å². The molecule has 0 aromatic carbocycles. The Morgan fingerprint density at radius 2 is 1.38 bits per heavy atom. The molecule has 0 radical (unpaired) electrons.